The first kappa shape index (κ1) is 12.4. The summed E-state index contributed by atoms with van der Waals surface area (Å²) in [6, 6.07) is 6.18. The highest BCUT2D eigenvalue weighted by Gasteiger charge is 2.10. The van der Waals surface area contributed by atoms with Gasteiger partial charge >= 0.3 is 0 Å². The van der Waals surface area contributed by atoms with Gasteiger partial charge in [-0.15, -0.1) is 11.3 Å². The van der Waals surface area contributed by atoms with Crippen molar-refractivity contribution in [1.29, 1.82) is 0 Å². The fourth-order valence-corrected chi connectivity index (χ4v) is 2.62. The summed E-state index contributed by atoms with van der Waals surface area (Å²) in [6.07, 6.45) is 0. The molecule has 17 heavy (non-hydrogen) atoms. The van der Waals surface area contributed by atoms with Crippen molar-refractivity contribution in [2.24, 2.45) is 0 Å². The van der Waals surface area contributed by atoms with Crippen LogP contribution in [-0.4, -0.2) is 4.98 Å². The van der Waals surface area contributed by atoms with E-state index in [0.717, 1.165) is 27.0 Å². The average molecular weight is 267 g/mol. The summed E-state index contributed by atoms with van der Waals surface area (Å²) < 4.78 is 0. The van der Waals surface area contributed by atoms with Crippen LogP contribution in [0.2, 0.25) is 5.02 Å². The lowest BCUT2D eigenvalue weighted by molar-refractivity contribution is 0.845. The van der Waals surface area contributed by atoms with Gasteiger partial charge in [0.15, 0.2) is 0 Å². The number of anilines is 1. The number of thiazole rings is 1. The average Bonchev–Trinajstić information content (AvgIpc) is 2.69. The zero-order chi connectivity index (χ0) is 12.4. The van der Waals surface area contributed by atoms with Crippen molar-refractivity contribution in [3.8, 4) is 0 Å². The fraction of sp³-hybridized carbons (Fsp3) is 0.308. The number of aromatic nitrogens is 1. The molecule has 1 aromatic heterocycles. The fourth-order valence-electron chi connectivity index (χ4n) is 1.62. The summed E-state index contributed by atoms with van der Waals surface area (Å²) >= 11 is 7.85. The number of rotatable bonds is 3. The molecule has 1 aromatic carbocycles. The second-order valence-corrected chi connectivity index (χ2v) is 5.61. The molecular weight excluding hydrogens is 252 g/mol. The number of benzene rings is 1. The highest BCUT2D eigenvalue weighted by atomic mass is 35.5. The molecule has 2 rings (SSSR count). The predicted octanol–water partition coefficient (Wildman–Crippen LogP) is 4.59. The Balaban J connectivity index is 2.15. The number of hydrogen-bond donors (Lipinski definition) is 1. The van der Waals surface area contributed by atoms with E-state index in [2.05, 4.69) is 22.6 Å². The van der Waals surface area contributed by atoms with Crippen molar-refractivity contribution in [3.63, 3.8) is 0 Å². The highest BCUT2D eigenvalue weighted by molar-refractivity contribution is 7.09. The largest absolute Gasteiger partial charge is 0.376 e. The second kappa shape index (κ2) is 5.07. The summed E-state index contributed by atoms with van der Waals surface area (Å²) in [7, 11) is 0. The molecule has 0 bridgehead atoms. The van der Waals surface area contributed by atoms with Crippen LogP contribution >= 0.6 is 22.9 Å². The first-order valence-electron chi connectivity index (χ1n) is 5.51. The van der Waals surface area contributed by atoms with Gasteiger partial charge in [0.25, 0.3) is 0 Å². The summed E-state index contributed by atoms with van der Waals surface area (Å²) in [5, 5.41) is 7.30. The van der Waals surface area contributed by atoms with E-state index in [-0.39, 0.29) is 6.04 Å². The Labute approximate surface area is 111 Å². The zero-order valence-corrected chi connectivity index (χ0v) is 11.7. The third kappa shape index (κ3) is 2.99. The van der Waals surface area contributed by atoms with Crippen LogP contribution in [-0.2, 0) is 0 Å². The molecule has 0 saturated carbocycles. The number of nitrogens with zero attached hydrogens (tertiary/aromatic N) is 1. The molecule has 0 aliphatic rings. The summed E-state index contributed by atoms with van der Waals surface area (Å²) in [6.45, 7) is 6.13. The number of hydrogen-bond acceptors (Lipinski definition) is 3. The topological polar surface area (TPSA) is 24.9 Å². The molecule has 4 heteroatoms. The van der Waals surface area contributed by atoms with E-state index in [0.29, 0.717) is 0 Å². The number of aryl methyl sites for hydroxylation is 2. The molecule has 0 radical (unpaired) electrons. The maximum Gasteiger partial charge on any atom is 0.0898 e. The van der Waals surface area contributed by atoms with Gasteiger partial charge in [0.1, 0.15) is 0 Å². The molecule has 0 spiro atoms. The zero-order valence-electron chi connectivity index (χ0n) is 10.1. The van der Waals surface area contributed by atoms with E-state index >= 15 is 0 Å². The van der Waals surface area contributed by atoms with Crippen LogP contribution in [0.25, 0.3) is 0 Å². The molecule has 2 nitrogen and oxygen atoms in total. The molecule has 2 aromatic rings. The molecule has 0 aliphatic heterocycles. The van der Waals surface area contributed by atoms with Gasteiger partial charge in [0, 0.05) is 5.38 Å². The highest BCUT2D eigenvalue weighted by Crippen LogP contribution is 2.27. The van der Waals surface area contributed by atoms with Crippen LogP contribution in [0.5, 0.6) is 0 Å². The van der Waals surface area contributed by atoms with E-state index in [1.54, 1.807) is 11.3 Å². The Bertz CT molecular complexity index is 522. The van der Waals surface area contributed by atoms with Gasteiger partial charge in [-0.25, -0.2) is 4.98 Å². The quantitative estimate of drug-likeness (QED) is 0.879. The van der Waals surface area contributed by atoms with E-state index in [1.165, 1.54) is 0 Å². The third-order valence-corrected chi connectivity index (χ3v) is 3.68. The van der Waals surface area contributed by atoms with Crippen LogP contribution in [0.3, 0.4) is 0 Å². The smallest absolute Gasteiger partial charge is 0.0898 e. The van der Waals surface area contributed by atoms with Gasteiger partial charge in [0.2, 0.25) is 0 Å². The van der Waals surface area contributed by atoms with Gasteiger partial charge < -0.3 is 5.32 Å². The molecule has 1 atom stereocenters. The Morgan fingerprint density at radius 1 is 1.35 bits per heavy atom. The third-order valence-electron chi connectivity index (χ3n) is 2.58. The minimum atomic E-state index is 0.167. The van der Waals surface area contributed by atoms with Crippen LogP contribution in [0.1, 0.15) is 29.2 Å². The lowest BCUT2D eigenvalue weighted by Gasteiger charge is -2.14. The maximum atomic E-state index is 6.19. The van der Waals surface area contributed by atoms with Crippen LogP contribution in [0.15, 0.2) is 23.6 Å². The number of halogens is 1. The Morgan fingerprint density at radius 3 is 2.71 bits per heavy atom. The molecule has 0 saturated heterocycles. The maximum absolute atomic E-state index is 6.19. The Morgan fingerprint density at radius 2 is 2.12 bits per heavy atom. The molecule has 90 valence electrons. The minimum absolute atomic E-state index is 0.167. The van der Waals surface area contributed by atoms with E-state index in [9.17, 15) is 0 Å². The standard InChI is InChI=1S/C13H15ClN2S/c1-8-4-5-12(11(14)6-8)15-9(2)13-7-17-10(3)16-13/h4-7,9,15H,1-3H3. The molecule has 0 aliphatic carbocycles. The first-order chi connectivity index (χ1) is 8.06. The molecule has 1 unspecified atom stereocenters. The predicted molar refractivity (Wildman–Crippen MR) is 75.1 cm³/mol. The van der Waals surface area contributed by atoms with Crippen molar-refractivity contribution in [2.75, 3.05) is 5.32 Å². The van der Waals surface area contributed by atoms with Gasteiger partial charge in [0.05, 0.1) is 27.5 Å². The molecule has 1 N–H and O–H groups in total. The van der Waals surface area contributed by atoms with Crippen molar-refractivity contribution in [3.05, 3.63) is 44.9 Å². The van der Waals surface area contributed by atoms with Crippen molar-refractivity contribution in [2.45, 2.75) is 26.8 Å². The lowest BCUT2D eigenvalue weighted by atomic mass is 10.2. The monoisotopic (exact) mass is 266 g/mol. The molecule has 0 amide bonds. The molecule has 1 heterocycles. The van der Waals surface area contributed by atoms with Gasteiger partial charge in [-0.2, -0.15) is 0 Å². The second-order valence-electron chi connectivity index (χ2n) is 4.14. The number of nitrogens with one attached hydrogen (secondary N) is 1. The van der Waals surface area contributed by atoms with Crippen molar-refractivity contribution >= 4 is 28.6 Å². The SMILES string of the molecule is Cc1ccc(NC(C)c2csc(C)n2)c(Cl)c1. The summed E-state index contributed by atoms with van der Waals surface area (Å²) in [5.41, 5.74) is 3.18. The van der Waals surface area contributed by atoms with Crippen LogP contribution in [0, 0.1) is 13.8 Å². The van der Waals surface area contributed by atoms with Crippen LogP contribution < -0.4 is 5.32 Å². The molecular formula is C13H15ClN2S. The van der Waals surface area contributed by atoms with Gasteiger partial charge in [-0.1, -0.05) is 17.7 Å². The normalized spacial score (nSPS) is 12.5. The van der Waals surface area contributed by atoms with Crippen molar-refractivity contribution in [1.82, 2.24) is 4.98 Å². The van der Waals surface area contributed by atoms with Gasteiger partial charge in [-0.05, 0) is 38.5 Å². The molecule has 0 fully saturated rings. The van der Waals surface area contributed by atoms with Gasteiger partial charge in [-0.3, -0.25) is 0 Å². The summed E-state index contributed by atoms with van der Waals surface area (Å²) in [4.78, 5) is 4.47. The van der Waals surface area contributed by atoms with E-state index in [1.807, 2.05) is 32.0 Å². The van der Waals surface area contributed by atoms with Crippen molar-refractivity contribution < 1.29 is 0 Å². The lowest BCUT2D eigenvalue weighted by Crippen LogP contribution is -2.07. The Hall–Kier alpha value is -1.06. The summed E-state index contributed by atoms with van der Waals surface area (Å²) in [5.74, 6) is 0. The van der Waals surface area contributed by atoms with E-state index < -0.39 is 0 Å². The first-order valence-corrected chi connectivity index (χ1v) is 6.77. The van der Waals surface area contributed by atoms with E-state index in [4.69, 9.17) is 11.6 Å². The minimum Gasteiger partial charge on any atom is -0.376 e. The van der Waals surface area contributed by atoms with Crippen LogP contribution in [0.4, 0.5) is 5.69 Å². The Kier molecular flexibility index (Phi) is 3.69.